The third kappa shape index (κ3) is 4.07. The van der Waals surface area contributed by atoms with Crippen LogP contribution >= 0.6 is 12.2 Å². The van der Waals surface area contributed by atoms with E-state index in [-0.39, 0.29) is 11.9 Å². The van der Waals surface area contributed by atoms with Crippen LogP contribution in [-0.2, 0) is 0 Å². The Morgan fingerprint density at radius 3 is 2.55 bits per heavy atom. The fraction of sp³-hybridized carbons (Fsp3) is 0.154. The molecular weight excluding hydrogens is 437 g/mol. The highest BCUT2D eigenvalue weighted by Gasteiger charge is 2.43. The van der Waals surface area contributed by atoms with Gasteiger partial charge in [0, 0.05) is 11.8 Å². The number of pyridine rings is 1. The first kappa shape index (κ1) is 21.2. The number of thiocarbonyl (C=S) groups is 1. The van der Waals surface area contributed by atoms with Crippen LogP contribution in [0.4, 0.5) is 10.1 Å². The molecule has 2 aromatic carbocycles. The second-order valence-corrected chi connectivity index (χ2v) is 7.99. The second kappa shape index (κ2) is 9.03. The summed E-state index contributed by atoms with van der Waals surface area (Å²) in [5, 5.41) is 3.73. The highest BCUT2D eigenvalue weighted by Crippen LogP contribution is 2.43. The Bertz CT molecular complexity index is 1260. The molecule has 33 heavy (non-hydrogen) atoms. The van der Waals surface area contributed by atoms with Crippen molar-refractivity contribution in [3.8, 4) is 17.1 Å². The predicted molar refractivity (Wildman–Crippen MR) is 130 cm³/mol. The van der Waals surface area contributed by atoms with Gasteiger partial charge in [0.15, 0.2) is 5.11 Å². The molecule has 4 aromatic rings. The lowest BCUT2D eigenvalue weighted by Gasteiger charge is -2.26. The lowest BCUT2D eigenvalue weighted by molar-refractivity contribution is 0.340. The molecule has 0 aliphatic carbocycles. The molecule has 5 rings (SSSR count). The normalized spacial score (nSPS) is 17.8. The molecule has 7 heteroatoms. The summed E-state index contributed by atoms with van der Waals surface area (Å²) >= 11 is 5.64. The molecule has 0 saturated carbocycles. The summed E-state index contributed by atoms with van der Waals surface area (Å²) in [7, 11) is 0. The topological polar surface area (TPSA) is 50.5 Å². The van der Waals surface area contributed by atoms with Crippen LogP contribution in [0.5, 0.6) is 5.75 Å². The van der Waals surface area contributed by atoms with Gasteiger partial charge in [0.25, 0.3) is 0 Å². The van der Waals surface area contributed by atoms with Crippen molar-refractivity contribution in [2.75, 3.05) is 11.5 Å². The van der Waals surface area contributed by atoms with E-state index in [2.05, 4.69) is 10.3 Å². The van der Waals surface area contributed by atoms with Gasteiger partial charge in [0.1, 0.15) is 29.1 Å². The third-order valence-electron chi connectivity index (χ3n) is 5.58. The Kier molecular flexibility index (Phi) is 5.79. The largest absolute Gasteiger partial charge is 0.494 e. The number of aromatic nitrogens is 1. The van der Waals surface area contributed by atoms with Crippen molar-refractivity contribution in [2.24, 2.45) is 0 Å². The van der Waals surface area contributed by atoms with Gasteiger partial charge in [0.2, 0.25) is 0 Å². The smallest absolute Gasteiger partial charge is 0.174 e. The zero-order valence-corrected chi connectivity index (χ0v) is 18.8. The monoisotopic (exact) mass is 459 g/mol. The fourth-order valence-electron chi connectivity index (χ4n) is 4.10. The summed E-state index contributed by atoms with van der Waals surface area (Å²) in [5.74, 6) is 1.81. The van der Waals surface area contributed by atoms with E-state index in [9.17, 15) is 4.39 Å². The molecule has 1 aliphatic rings. The van der Waals surface area contributed by atoms with E-state index in [1.165, 1.54) is 6.07 Å². The van der Waals surface area contributed by atoms with Crippen molar-refractivity contribution in [3.05, 3.63) is 102 Å². The first-order valence-electron chi connectivity index (χ1n) is 10.7. The number of furan rings is 1. The highest BCUT2D eigenvalue weighted by molar-refractivity contribution is 7.80. The molecule has 1 N–H and O–H groups in total. The number of benzene rings is 2. The molecule has 5 nitrogen and oxygen atoms in total. The molecule has 2 unspecified atom stereocenters. The van der Waals surface area contributed by atoms with Gasteiger partial charge in [0.05, 0.1) is 24.0 Å². The van der Waals surface area contributed by atoms with Gasteiger partial charge in [-0.25, -0.2) is 4.39 Å². The molecule has 0 amide bonds. The Morgan fingerprint density at radius 1 is 1.03 bits per heavy atom. The molecule has 0 spiro atoms. The molecule has 1 aliphatic heterocycles. The van der Waals surface area contributed by atoms with Gasteiger partial charge in [-0.3, -0.25) is 4.98 Å². The van der Waals surface area contributed by atoms with E-state index < -0.39 is 6.04 Å². The minimum atomic E-state index is -0.416. The van der Waals surface area contributed by atoms with Crippen molar-refractivity contribution in [3.63, 3.8) is 0 Å². The zero-order chi connectivity index (χ0) is 22.8. The number of rotatable bonds is 6. The van der Waals surface area contributed by atoms with E-state index in [0.717, 1.165) is 17.0 Å². The molecular formula is C26H22FN3O2S. The van der Waals surface area contributed by atoms with Crippen LogP contribution in [0.15, 0.2) is 89.5 Å². The van der Waals surface area contributed by atoms with Crippen molar-refractivity contribution < 1.29 is 13.5 Å². The summed E-state index contributed by atoms with van der Waals surface area (Å²) in [6.07, 6.45) is 1.73. The van der Waals surface area contributed by atoms with Crippen molar-refractivity contribution in [2.45, 2.75) is 19.0 Å². The highest BCUT2D eigenvalue weighted by atomic mass is 32.1. The first-order valence-corrected chi connectivity index (χ1v) is 11.1. The molecule has 1 saturated heterocycles. The summed E-state index contributed by atoms with van der Waals surface area (Å²) < 4.78 is 26.7. The molecule has 2 atom stereocenters. The SMILES string of the molecule is CCOc1ccc(-c2ccc(C3C(c4ccccn4)NC(=S)N3c3ccccc3F)o2)cc1. The van der Waals surface area contributed by atoms with Gasteiger partial charge >= 0.3 is 0 Å². The maximum Gasteiger partial charge on any atom is 0.174 e. The van der Waals surface area contributed by atoms with E-state index in [1.807, 2.05) is 61.5 Å². The Morgan fingerprint density at radius 2 is 1.82 bits per heavy atom. The molecule has 166 valence electrons. The summed E-state index contributed by atoms with van der Waals surface area (Å²) in [4.78, 5) is 6.28. The molecule has 0 bridgehead atoms. The minimum Gasteiger partial charge on any atom is -0.494 e. The van der Waals surface area contributed by atoms with Crippen LogP contribution in [-0.4, -0.2) is 16.7 Å². The van der Waals surface area contributed by atoms with Crippen LogP contribution < -0.4 is 15.0 Å². The van der Waals surface area contributed by atoms with E-state index in [0.29, 0.717) is 28.9 Å². The molecule has 0 radical (unpaired) electrons. The van der Waals surface area contributed by atoms with Crippen molar-refractivity contribution >= 4 is 23.0 Å². The van der Waals surface area contributed by atoms with Crippen LogP contribution in [0.25, 0.3) is 11.3 Å². The van der Waals surface area contributed by atoms with Crippen LogP contribution in [0.1, 0.15) is 30.5 Å². The molecule has 3 heterocycles. The average Bonchev–Trinajstić information content (AvgIpc) is 3.45. The maximum atomic E-state index is 14.8. The average molecular weight is 460 g/mol. The molecule has 1 fully saturated rings. The van der Waals surface area contributed by atoms with Crippen LogP contribution in [0.2, 0.25) is 0 Å². The fourth-order valence-corrected chi connectivity index (χ4v) is 4.44. The Labute approximate surface area is 196 Å². The second-order valence-electron chi connectivity index (χ2n) is 7.61. The van der Waals surface area contributed by atoms with Gasteiger partial charge in [-0.15, -0.1) is 0 Å². The first-order chi connectivity index (χ1) is 16.2. The number of ether oxygens (including phenoxy) is 1. The van der Waals surface area contributed by atoms with Gasteiger partial charge < -0.3 is 19.4 Å². The van der Waals surface area contributed by atoms with Crippen molar-refractivity contribution in [1.29, 1.82) is 0 Å². The number of nitrogens with one attached hydrogen (secondary N) is 1. The van der Waals surface area contributed by atoms with Gasteiger partial charge in [-0.05, 0) is 79.8 Å². The van der Waals surface area contributed by atoms with E-state index in [4.69, 9.17) is 21.4 Å². The summed E-state index contributed by atoms with van der Waals surface area (Å²) in [6.45, 7) is 2.56. The van der Waals surface area contributed by atoms with E-state index in [1.54, 1.807) is 29.3 Å². The summed E-state index contributed by atoms with van der Waals surface area (Å²) in [6, 6.07) is 23.1. The number of para-hydroxylation sites is 1. The number of anilines is 1. The Hall–Kier alpha value is -3.71. The number of halogens is 1. The van der Waals surface area contributed by atoms with Gasteiger partial charge in [-0.2, -0.15) is 0 Å². The zero-order valence-electron chi connectivity index (χ0n) is 17.9. The standard InChI is InChI=1S/C26H22FN3O2S/c1-2-31-18-12-10-17(11-13-18)22-14-15-23(32-22)25-24(20-8-5-6-16-28-20)29-26(33)30(25)21-9-4-3-7-19(21)27/h3-16,24-25H,2H2,1H3,(H,29,33). The number of hydrogen-bond acceptors (Lipinski definition) is 4. The quantitative estimate of drug-likeness (QED) is 0.354. The Balaban J connectivity index is 1.56. The number of hydrogen-bond donors (Lipinski definition) is 1. The lowest BCUT2D eigenvalue weighted by Crippen LogP contribution is -2.30. The third-order valence-corrected chi connectivity index (χ3v) is 5.89. The minimum absolute atomic E-state index is 0.308. The van der Waals surface area contributed by atoms with Gasteiger partial charge in [-0.1, -0.05) is 18.2 Å². The summed E-state index contributed by atoms with van der Waals surface area (Å²) in [5.41, 5.74) is 2.10. The van der Waals surface area contributed by atoms with E-state index >= 15 is 0 Å². The van der Waals surface area contributed by atoms with Crippen molar-refractivity contribution in [1.82, 2.24) is 10.3 Å². The lowest BCUT2D eigenvalue weighted by atomic mass is 10.0. The van der Waals surface area contributed by atoms with Crippen LogP contribution in [0, 0.1) is 5.82 Å². The number of nitrogens with zero attached hydrogens (tertiary/aromatic N) is 2. The van der Waals surface area contributed by atoms with Crippen LogP contribution in [0.3, 0.4) is 0 Å². The molecule has 2 aromatic heterocycles. The maximum absolute atomic E-state index is 14.8. The predicted octanol–water partition coefficient (Wildman–Crippen LogP) is 6.06.